The zero-order chi connectivity index (χ0) is 17.7. The van der Waals surface area contributed by atoms with Crippen molar-refractivity contribution in [3.05, 3.63) is 63.6 Å². The number of hydrogen-bond acceptors (Lipinski definition) is 2. The molecule has 0 spiro atoms. The first-order valence-electron chi connectivity index (χ1n) is 6.88. The fourth-order valence-corrected chi connectivity index (χ4v) is 2.30. The normalized spacial score (nSPS) is 11.2. The lowest BCUT2D eigenvalue weighted by Gasteiger charge is -2.12. The van der Waals surface area contributed by atoms with E-state index < -0.39 is 17.6 Å². The number of amides is 1. The van der Waals surface area contributed by atoms with Gasteiger partial charge in [-0.2, -0.15) is 13.2 Å². The molecule has 2 aromatic carbocycles. The number of halogens is 5. The van der Waals surface area contributed by atoms with E-state index in [1.807, 2.05) is 0 Å². The van der Waals surface area contributed by atoms with Crippen LogP contribution in [0.2, 0.25) is 10.0 Å². The molecule has 0 radical (unpaired) electrons. The lowest BCUT2D eigenvalue weighted by Crippen LogP contribution is -2.29. The molecule has 0 aliphatic heterocycles. The SMILES string of the molecule is O=C(CNc1cc(C(F)(F)F)ccc1Cl)NCc1ccccc1Cl. The second kappa shape index (κ2) is 7.77. The van der Waals surface area contributed by atoms with E-state index in [1.165, 1.54) is 0 Å². The highest BCUT2D eigenvalue weighted by Gasteiger charge is 2.30. The van der Waals surface area contributed by atoms with Crippen molar-refractivity contribution in [2.75, 3.05) is 11.9 Å². The molecular formula is C16H13Cl2F3N2O. The lowest BCUT2D eigenvalue weighted by atomic mass is 10.2. The van der Waals surface area contributed by atoms with Crippen molar-refractivity contribution in [3.8, 4) is 0 Å². The van der Waals surface area contributed by atoms with E-state index in [2.05, 4.69) is 10.6 Å². The maximum absolute atomic E-state index is 12.7. The molecule has 3 nitrogen and oxygen atoms in total. The zero-order valence-corrected chi connectivity index (χ0v) is 13.8. The second-order valence-electron chi connectivity index (χ2n) is 4.91. The minimum atomic E-state index is -4.48. The average Bonchev–Trinajstić information content (AvgIpc) is 2.52. The van der Waals surface area contributed by atoms with E-state index in [1.54, 1.807) is 24.3 Å². The van der Waals surface area contributed by atoms with Gasteiger partial charge in [-0.3, -0.25) is 4.79 Å². The predicted octanol–water partition coefficient (Wildman–Crippen LogP) is 4.74. The van der Waals surface area contributed by atoms with E-state index in [0.29, 0.717) is 5.02 Å². The molecule has 0 fully saturated rings. The fraction of sp³-hybridized carbons (Fsp3) is 0.188. The molecule has 0 heterocycles. The Kier molecular flexibility index (Phi) is 5.96. The van der Waals surface area contributed by atoms with Crippen LogP contribution < -0.4 is 10.6 Å². The van der Waals surface area contributed by atoms with Crippen molar-refractivity contribution in [2.24, 2.45) is 0 Å². The molecule has 0 unspecified atom stereocenters. The molecule has 8 heteroatoms. The molecule has 0 saturated carbocycles. The molecule has 0 atom stereocenters. The molecule has 0 aliphatic rings. The Morgan fingerprint density at radius 1 is 1.04 bits per heavy atom. The highest BCUT2D eigenvalue weighted by molar-refractivity contribution is 6.33. The van der Waals surface area contributed by atoms with Crippen molar-refractivity contribution in [1.29, 1.82) is 0 Å². The Labute approximate surface area is 146 Å². The van der Waals surface area contributed by atoms with Gasteiger partial charge < -0.3 is 10.6 Å². The minimum absolute atomic E-state index is 0.0411. The van der Waals surface area contributed by atoms with Crippen LogP contribution in [-0.4, -0.2) is 12.5 Å². The van der Waals surface area contributed by atoms with Gasteiger partial charge in [0.25, 0.3) is 0 Å². The molecule has 1 amide bonds. The summed E-state index contributed by atoms with van der Waals surface area (Å²) in [6.45, 7) is 0.00198. The second-order valence-corrected chi connectivity index (χ2v) is 5.73. The van der Waals surface area contributed by atoms with Crippen LogP contribution in [0, 0.1) is 0 Å². The smallest absolute Gasteiger partial charge is 0.375 e. The van der Waals surface area contributed by atoms with Crippen LogP contribution in [0.5, 0.6) is 0 Å². The van der Waals surface area contributed by atoms with Crippen LogP contribution in [0.25, 0.3) is 0 Å². The molecule has 0 saturated heterocycles. The van der Waals surface area contributed by atoms with Gasteiger partial charge >= 0.3 is 6.18 Å². The van der Waals surface area contributed by atoms with Crippen molar-refractivity contribution in [2.45, 2.75) is 12.7 Å². The zero-order valence-electron chi connectivity index (χ0n) is 12.3. The van der Waals surface area contributed by atoms with Gasteiger partial charge in [-0.15, -0.1) is 0 Å². The number of nitrogens with one attached hydrogen (secondary N) is 2. The summed E-state index contributed by atoms with van der Waals surface area (Å²) in [6.07, 6.45) is -4.48. The summed E-state index contributed by atoms with van der Waals surface area (Å²) in [5.74, 6) is -0.400. The maximum Gasteiger partial charge on any atom is 0.416 e. The Bertz CT molecular complexity index is 736. The Balaban J connectivity index is 1.93. The Morgan fingerprint density at radius 3 is 2.42 bits per heavy atom. The lowest BCUT2D eigenvalue weighted by molar-refractivity contribution is -0.137. The van der Waals surface area contributed by atoms with Crippen LogP contribution >= 0.6 is 23.2 Å². The van der Waals surface area contributed by atoms with Gasteiger partial charge in [0.05, 0.1) is 22.8 Å². The van der Waals surface area contributed by atoms with Crippen LogP contribution in [0.1, 0.15) is 11.1 Å². The number of rotatable bonds is 5. The van der Waals surface area contributed by atoms with Gasteiger partial charge in [-0.05, 0) is 29.8 Å². The van der Waals surface area contributed by atoms with Crippen molar-refractivity contribution in [3.63, 3.8) is 0 Å². The molecule has 2 N–H and O–H groups in total. The first kappa shape index (κ1) is 18.4. The quantitative estimate of drug-likeness (QED) is 0.790. The number of carbonyl (C=O) groups excluding carboxylic acids is 1. The molecule has 0 aliphatic carbocycles. The van der Waals surface area contributed by atoms with Gasteiger partial charge in [-0.25, -0.2) is 0 Å². The van der Waals surface area contributed by atoms with E-state index >= 15 is 0 Å². The summed E-state index contributed by atoms with van der Waals surface area (Å²) in [4.78, 5) is 11.8. The van der Waals surface area contributed by atoms with E-state index in [-0.39, 0.29) is 23.8 Å². The number of carbonyl (C=O) groups is 1. The van der Waals surface area contributed by atoms with Crippen LogP contribution in [0.4, 0.5) is 18.9 Å². The fourth-order valence-electron chi connectivity index (χ4n) is 1.91. The molecule has 0 aromatic heterocycles. The average molecular weight is 377 g/mol. The molecule has 0 bridgehead atoms. The van der Waals surface area contributed by atoms with Crippen molar-refractivity contribution in [1.82, 2.24) is 5.32 Å². The van der Waals surface area contributed by atoms with E-state index in [0.717, 1.165) is 23.8 Å². The third-order valence-corrected chi connectivity index (χ3v) is 3.87. The number of hydrogen-bond donors (Lipinski definition) is 2. The highest BCUT2D eigenvalue weighted by Crippen LogP contribution is 2.33. The molecule has 2 rings (SSSR count). The monoisotopic (exact) mass is 376 g/mol. The predicted molar refractivity (Wildman–Crippen MR) is 88.2 cm³/mol. The Morgan fingerprint density at radius 2 is 1.75 bits per heavy atom. The molecule has 2 aromatic rings. The largest absolute Gasteiger partial charge is 0.416 e. The van der Waals surface area contributed by atoms with Gasteiger partial charge in [0.15, 0.2) is 0 Å². The molecular weight excluding hydrogens is 364 g/mol. The van der Waals surface area contributed by atoms with Crippen LogP contribution in [0.15, 0.2) is 42.5 Å². The number of anilines is 1. The van der Waals surface area contributed by atoms with E-state index in [4.69, 9.17) is 23.2 Å². The van der Waals surface area contributed by atoms with Gasteiger partial charge in [0.2, 0.25) is 5.91 Å². The highest BCUT2D eigenvalue weighted by atomic mass is 35.5. The van der Waals surface area contributed by atoms with Crippen LogP contribution in [0.3, 0.4) is 0 Å². The third kappa shape index (κ3) is 5.04. The Hall–Kier alpha value is -1.92. The van der Waals surface area contributed by atoms with Gasteiger partial charge in [0, 0.05) is 11.6 Å². The summed E-state index contributed by atoms with van der Waals surface area (Å²) in [7, 11) is 0. The summed E-state index contributed by atoms with van der Waals surface area (Å²) in [5.41, 5.74) is -0.0603. The van der Waals surface area contributed by atoms with Crippen molar-refractivity contribution < 1.29 is 18.0 Å². The third-order valence-electron chi connectivity index (χ3n) is 3.17. The summed E-state index contributed by atoms with van der Waals surface area (Å²) in [6, 6.07) is 9.89. The molecule has 24 heavy (non-hydrogen) atoms. The number of benzene rings is 2. The standard InChI is InChI=1S/C16H13Cl2F3N2O/c17-12-4-2-1-3-10(12)8-23-15(24)9-22-14-7-11(16(19,20)21)5-6-13(14)18/h1-7,22H,8-9H2,(H,23,24). The summed E-state index contributed by atoms with van der Waals surface area (Å²) in [5, 5.41) is 5.84. The van der Waals surface area contributed by atoms with Crippen molar-refractivity contribution >= 4 is 34.8 Å². The van der Waals surface area contributed by atoms with Gasteiger partial charge in [0.1, 0.15) is 0 Å². The number of alkyl halides is 3. The maximum atomic E-state index is 12.7. The van der Waals surface area contributed by atoms with Crippen LogP contribution in [-0.2, 0) is 17.5 Å². The first-order valence-corrected chi connectivity index (χ1v) is 7.63. The van der Waals surface area contributed by atoms with E-state index in [9.17, 15) is 18.0 Å². The summed E-state index contributed by atoms with van der Waals surface area (Å²) >= 11 is 11.8. The topological polar surface area (TPSA) is 41.1 Å². The minimum Gasteiger partial charge on any atom is -0.375 e. The molecule has 128 valence electrons. The van der Waals surface area contributed by atoms with Gasteiger partial charge in [-0.1, -0.05) is 41.4 Å². The first-order chi connectivity index (χ1) is 11.3. The summed E-state index contributed by atoms with van der Waals surface area (Å²) < 4.78 is 38.0.